The van der Waals surface area contributed by atoms with Crippen molar-refractivity contribution < 1.29 is 1.43 Å². The fourth-order valence-corrected chi connectivity index (χ4v) is 0.510. The number of hydrogen-bond donors (Lipinski definition) is 1. The van der Waals surface area contributed by atoms with Crippen molar-refractivity contribution in [3.05, 3.63) is 0 Å². The summed E-state index contributed by atoms with van der Waals surface area (Å²) in [5.74, 6) is 0.754. The van der Waals surface area contributed by atoms with E-state index in [2.05, 4.69) is 39.9 Å². The third kappa shape index (κ3) is 7.96. The molecule has 0 aromatic carbocycles. The molecule has 0 radical (unpaired) electrons. The summed E-state index contributed by atoms with van der Waals surface area (Å²) in [5.41, 5.74) is 0.282. The van der Waals surface area contributed by atoms with Crippen LogP contribution in [0.15, 0.2) is 0 Å². The molecule has 0 amide bonds. The van der Waals surface area contributed by atoms with Crippen molar-refractivity contribution in [2.24, 2.45) is 5.92 Å². The van der Waals surface area contributed by atoms with Gasteiger partial charge in [-0.3, -0.25) is 0 Å². The largest absolute Gasteiger partial charge is 0.312 e. The van der Waals surface area contributed by atoms with E-state index >= 15 is 0 Å². The minimum atomic E-state index is 0. The molecule has 9 heavy (non-hydrogen) atoms. The molecule has 0 heterocycles. The molecule has 1 N–H and O–H groups in total. The fourth-order valence-electron chi connectivity index (χ4n) is 0.510. The molecule has 0 aromatic heterocycles. The minimum absolute atomic E-state index is 0. The lowest BCUT2D eigenvalue weighted by Crippen LogP contribution is -2.38. The van der Waals surface area contributed by atoms with Crippen LogP contribution in [0.4, 0.5) is 0 Å². The van der Waals surface area contributed by atoms with Crippen LogP contribution in [0.25, 0.3) is 0 Å². The van der Waals surface area contributed by atoms with Crippen LogP contribution >= 0.6 is 0 Å². The van der Waals surface area contributed by atoms with Crippen LogP contribution in [0.5, 0.6) is 0 Å². The van der Waals surface area contributed by atoms with E-state index in [1.807, 2.05) is 0 Å². The Morgan fingerprint density at radius 2 is 1.78 bits per heavy atom. The van der Waals surface area contributed by atoms with Crippen LogP contribution in [0.1, 0.15) is 36.0 Å². The van der Waals surface area contributed by atoms with Crippen molar-refractivity contribution in [1.29, 1.82) is 0 Å². The van der Waals surface area contributed by atoms with Crippen molar-refractivity contribution in [3.63, 3.8) is 0 Å². The Kier molecular flexibility index (Phi) is 3.20. The first kappa shape index (κ1) is 8.96. The summed E-state index contributed by atoms with van der Waals surface area (Å²) in [6.07, 6.45) is 0. The molecule has 0 saturated heterocycles. The van der Waals surface area contributed by atoms with Crippen LogP contribution in [0.3, 0.4) is 0 Å². The highest BCUT2D eigenvalue weighted by Crippen LogP contribution is 1.99. The van der Waals surface area contributed by atoms with E-state index < -0.39 is 0 Å². The van der Waals surface area contributed by atoms with E-state index in [1.165, 1.54) is 0 Å². The molecular formula is C8H21N. The fraction of sp³-hybridized carbons (Fsp3) is 1.00. The average molecular weight is 131 g/mol. The van der Waals surface area contributed by atoms with Crippen molar-refractivity contribution in [1.82, 2.24) is 5.32 Å². The topological polar surface area (TPSA) is 12.0 Å². The molecule has 0 aliphatic carbocycles. The van der Waals surface area contributed by atoms with Crippen LogP contribution in [-0.4, -0.2) is 12.1 Å². The first-order chi connectivity index (χ1) is 3.92. The smallest absolute Gasteiger partial charge is 0.00966 e. The number of nitrogens with one attached hydrogen (secondary N) is 1. The minimum Gasteiger partial charge on any atom is -0.312 e. The molecule has 0 spiro atoms. The average Bonchev–Trinajstić information content (AvgIpc) is 1.59. The highest BCUT2D eigenvalue weighted by atomic mass is 14.9. The quantitative estimate of drug-likeness (QED) is 0.606. The van der Waals surface area contributed by atoms with Crippen molar-refractivity contribution >= 4 is 0 Å². The van der Waals surface area contributed by atoms with Gasteiger partial charge >= 0.3 is 0 Å². The van der Waals surface area contributed by atoms with Gasteiger partial charge in [-0.1, -0.05) is 13.8 Å². The monoisotopic (exact) mass is 131 g/mol. The summed E-state index contributed by atoms with van der Waals surface area (Å²) < 4.78 is 0. The van der Waals surface area contributed by atoms with Crippen LogP contribution in [0, 0.1) is 5.92 Å². The maximum atomic E-state index is 3.42. The molecule has 0 unspecified atom stereocenters. The lowest BCUT2D eigenvalue weighted by molar-refractivity contribution is 0.393. The van der Waals surface area contributed by atoms with E-state index in [0.717, 1.165) is 12.5 Å². The van der Waals surface area contributed by atoms with Gasteiger partial charge in [0, 0.05) is 6.97 Å². The zero-order valence-electron chi connectivity index (χ0n) is 7.28. The number of hydrogen-bond acceptors (Lipinski definition) is 1. The summed E-state index contributed by atoms with van der Waals surface area (Å²) >= 11 is 0. The van der Waals surface area contributed by atoms with Gasteiger partial charge in [0.2, 0.25) is 0 Å². The SMILES string of the molecule is CC(C)CNC(C)(C)C.[HH]. The molecule has 0 saturated carbocycles. The third-order valence-electron chi connectivity index (χ3n) is 1.04. The Morgan fingerprint density at radius 1 is 1.33 bits per heavy atom. The van der Waals surface area contributed by atoms with Gasteiger partial charge in [0.15, 0.2) is 0 Å². The highest BCUT2D eigenvalue weighted by Gasteiger charge is 2.07. The summed E-state index contributed by atoms with van der Waals surface area (Å²) in [4.78, 5) is 0. The first-order valence-corrected chi connectivity index (χ1v) is 3.67. The zero-order chi connectivity index (χ0) is 7.49. The maximum absolute atomic E-state index is 3.42. The number of rotatable bonds is 2. The van der Waals surface area contributed by atoms with Gasteiger partial charge in [0.25, 0.3) is 0 Å². The standard InChI is InChI=1S/C8H19N.H2/c1-7(2)6-9-8(3,4)5;/h7,9H,6H2,1-5H3;1H. The van der Waals surface area contributed by atoms with Gasteiger partial charge < -0.3 is 5.32 Å². The summed E-state index contributed by atoms with van der Waals surface area (Å²) in [6, 6.07) is 0. The Bertz CT molecular complexity index is 73.8. The Balaban J connectivity index is 0. The van der Waals surface area contributed by atoms with Gasteiger partial charge in [-0.05, 0) is 33.2 Å². The van der Waals surface area contributed by atoms with E-state index in [4.69, 9.17) is 0 Å². The third-order valence-corrected chi connectivity index (χ3v) is 1.04. The molecule has 0 bridgehead atoms. The highest BCUT2D eigenvalue weighted by molar-refractivity contribution is 4.70. The Labute approximate surface area is 60.3 Å². The first-order valence-electron chi connectivity index (χ1n) is 3.67. The Hall–Kier alpha value is -0.0400. The summed E-state index contributed by atoms with van der Waals surface area (Å²) in [5, 5.41) is 3.42. The van der Waals surface area contributed by atoms with Gasteiger partial charge in [-0.2, -0.15) is 0 Å². The molecule has 0 fully saturated rings. The molecule has 0 atom stereocenters. The van der Waals surface area contributed by atoms with E-state index in [1.54, 1.807) is 0 Å². The van der Waals surface area contributed by atoms with Gasteiger partial charge in [0.1, 0.15) is 0 Å². The van der Waals surface area contributed by atoms with Crippen LogP contribution < -0.4 is 5.32 Å². The predicted molar refractivity (Wildman–Crippen MR) is 44.7 cm³/mol. The molecule has 0 aliphatic heterocycles. The van der Waals surface area contributed by atoms with Crippen molar-refractivity contribution in [2.75, 3.05) is 6.54 Å². The molecule has 58 valence electrons. The predicted octanol–water partition coefficient (Wildman–Crippen LogP) is 2.28. The maximum Gasteiger partial charge on any atom is 0.00966 e. The van der Waals surface area contributed by atoms with Gasteiger partial charge in [-0.15, -0.1) is 0 Å². The van der Waals surface area contributed by atoms with E-state index in [0.29, 0.717) is 0 Å². The second-order valence-electron chi connectivity index (χ2n) is 4.02. The normalized spacial score (nSPS) is 12.7. The molecule has 1 heteroatoms. The molecular weight excluding hydrogens is 110 g/mol. The lowest BCUT2D eigenvalue weighted by Gasteiger charge is -2.21. The molecule has 1 nitrogen and oxygen atoms in total. The van der Waals surface area contributed by atoms with Gasteiger partial charge in [0.05, 0.1) is 0 Å². The second kappa shape index (κ2) is 3.21. The van der Waals surface area contributed by atoms with Crippen LogP contribution in [-0.2, 0) is 0 Å². The lowest BCUT2D eigenvalue weighted by atomic mass is 10.1. The second-order valence-corrected chi connectivity index (χ2v) is 4.02. The summed E-state index contributed by atoms with van der Waals surface area (Å²) in [7, 11) is 0. The van der Waals surface area contributed by atoms with Crippen molar-refractivity contribution in [2.45, 2.75) is 40.2 Å². The zero-order valence-corrected chi connectivity index (χ0v) is 7.28. The van der Waals surface area contributed by atoms with E-state index in [-0.39, 0.29) is 6.97 Å². The van der Waals surface area contributed by atoms with Crippen molar-refractivity contribution in [3.8, 4) is 0 Å². The molecule has 0 aliphatic rings. The molecule has 0 aromatic rings. The summed E-state index contributed by atoms with van der Waals surface area (Å²) in [6.45, 7) is 12.1. The van der Waals surface area contributed by atoms with E-state index in [9.17, 15) is 0 Å². The molecule has 0 rings (SSSR count). The van der Waals surface area contributed by atoms with Crippen LogP contribution in [0.2, 0.25) is 0 Å². The van der Waals surface area contributed by atoms with Gasteiger partial charge in [-0.25, -0.2) is 0 Å². The Morgan fingerprint density at radius 3 is 1.89 bits per heavy atom.